The number of rotatable bonds is 3. The van der Waals surface area contributed by atoms with Crippen LogP contribution in [-0.2, 0) is 6.42 Å². The molecular formula is C23H23N5O. The van der Waals surface area contributed by atoms with Gasteiger partial charge in [0, 0.05) is 42.3 Å². The molecule has 0 saturated carbocycles. The van der Waals surface area contributed by atoms with Crippen molar-refractivity contribution in [3.8, 4) is 5.95 Å². The van der Waals surface area contributed by atoms with E-state index in [2.05, 4.69) is 51.2 Å². The number of nitrogens with zero attached hydrogens (tertiary/aromatic N) is 5. The molecule has 6 heteroatoms. The Morgan fingerprint density at radius 3 is 2.62 bits per heavy atom. The largest absolute Gasteiger partial charge is 0.372 e. The highest BCUT2D eigenvalue weighted by molar-refractivity contribution is 5.86. The van der Waals surface area contributed by atoms with Gasteiger partial charge in [-0.1, -0.05) is 6.07 Å². The van der Waals surface area contributed by atoms with Gasteiger partial charge >= 0.3 is 0 Å². The van der Waals surface area contributed by atoms with Gasteiger partial charge in [0.25, 0.3) is 11.5 Å². The van der Waals surface area contributed by atoms with Crippen molar-refractivity contribution in [2.45, 2.75) is 32.6 Å². The van der Waals surface area contributed by atoms with Crippen molar-refractivity contribution in [2.24, 2.45) is 0 Å². The molecule has 3 aromatic rings. The summed E-state index contributed by atoms with van der Waals surface area (Å²) in [6.45, 7) is 4.42. The van der Waals surface area contributed by atoms with Gasteiger partial charge in [-0.25, -0.2) is 9.97 Å². The van der Waals surface area contributed by atoms with E-state index in [0.717, 1.165) is 30.6 Å². The lowest BCUT2D eigenvalue weighted by molar-refractivity contribution is 0.730. The summed E-state index contributed by atoms with van der Waals surface area (Å²) < 4.78 is 1.29. The first-order valence-electron chi connectivity index (χ1n) is 10.2. The van der Waals surface area contributed by atoms with E-state index in [0.29, 0.717) is 12.4 Å². The summed E-state index contributed by atoms with van der Waals surface area (Å²) >= 11 is 0. The maximum Gasteiger partial charge on any atom is 0.278 e. The summed E-state index contributed by atoms with van der Waals surface area (Å²) in [5.41, 5.74) is 6.65. The average Bonchev–Trinajstić information content (AvgIpc) is 3.30. The molecule has 0 radical (unpaired) electrons. The molecule has 0 N–H and O–H groups in total. The Labute approximate surface area is 169 Å². The van der Waals surface area contributed by atoms with Crippen molar-refractivity contribution in [3.63, 3.8) is 0 Å². The number of benzene rings is 1. The van der Waals surface area contributed by atoms with Crippen LogP contribution in [0.2, 0.25) is 0 Å². The summed E-state index contributed by atoms with van der Waals surface area (Å²) in [5.74, 6) is 0.309. The minimum Gasteiger partial charge on any atom is -0.372 e. The average molecular weight is 385 g/mol. The van der Waals surface area contributed by atoms with Gasteiger partial charge in [-0.2, -0.15) is 9.78 Å². The topological polar surface area (TPSA) is 63.9 Å². The number of hydrogen-bond donors (Lipinski definition) is 0. The van der Waals surface area contributed by atoms with Gasteiger partial charge in [0.15, 0.2) is 0 Å². The molecule has 3 heterocycles. The van der Waals surface area contributed by atoms with E-state index in [-0.39, 0.29) is 5.56 Å². The van der Waals surface area contributed by atoms with Crippen LogP contribution in [0.25, 0.3) is 17.6 Å². The summed E-state index contributed by atoms with van der Waals surface area (Å²) in [5, 5.41) is 4.32. The molecule has 6 nitrogen and oxygen atoms in total. The van der Waals surface area contributed by atoms with Crippen molar-refractivity contribution < 1.29 is 0 Å². The van der Waals surface area contributed by atoms with Crippen LogP contribution in [0.3, 0.4) is 0 Å². The van der Waals surface area contributed by atoms with Gasteiger partial charge in [-0.15, -0.1) is 0 Å². The minimum absolute atomic E-state index is 0.133. The first-order valence-corrected chi connectivity index (χ1v) is 10.2. The third-order valence-electron chi connectivity index (χ3n) is 5.87. The van der Waals surface area contributed by atoms with Crippen LogP contribution >= 0.6 is 0 Å². The summed E-state index contributed by atoms with van der Waals surface area (Å²) in [6.07, 6.45) is 11.2. The Hall–Kier alpha value is -3.28. The Morgan fingerprint density at radius 1 is 1.03 bits per heavy atom. The summed E-state index contributed by atoms with van der Waals surface area (Å²) in [4.78, 5) is 23.7. The number of anilines is 1. The molecule has 29 heavy (non-hydrogen) atoms. The van der Waals surface area contributed by atoms with Crippen LogP contribution in [0.5, 0.6) is 0 Å². The fourth-order valence-corrected chi connectivity index (χ4v) is 4.28. The standard InChI is InChI=1S/C23H23N5O/c1-16-5-7-19(27-11-2-3-12-27)14-21(16)17-6-8-20-18(13-17)15-26-28(22(20)29)23-24-9-4-10-25-23/h4-5,7,9-10,13-15H,2-3,6,8,11-12H2,1H3. The third kappa shape index (κ3) is 3.24. The molecule has 1 aliphatic heterocycles. The van der Waals surface area contributed by atoms with Gasteiger partial charge in [-0.05, 0) is 73.6 Å². The Kier molecular flexibility index (Phi) is 4.46. The monoisotopic (exact) mass is 385 g/mol. The molecule has 1 saturated heterocycles. The number of allylic oxidation sites excluding steroid dienone is 1. The van der Waals surface area contributed by atoms with Gasteiger partial charge in [0.05, 0.1) is 6.20 Å². The van der Waals surface area contributed by atoms with Crippen LogP contribution in [0.4, 0.5) is 5.69 Å². The Balaban J connectivity index is 1.53. The van der Waals surface area contributed by atoms with E-state index in [9.17, 15) is 4.79 Å². The molecule has 5 rings (SSSR count). The Morgan fingerprint density at radius 2 is 1.83 bits per heavy atom. The van der Waals surface area contributed by atoms with Gasteiger partial charge in [0.1, 0.15) is 0 Å². The second kappa shape index (κ2) is 7.28. The zero-order valence-electron chi connectivity index (χ0n) is 16.5. The minimum atomic E-state index is -0.133. The maximum absolute atomic E-state index is 12.9. The molecule has 1 fully saturated rings. The molecule has 1 aliphatic carbocycles. The predicted octanol–water partition coefficient (Wildman–Crippen LogP) is 3.42. The predicted molar refractivity (Wildman–Crippen MR) is 114 cm³/mol. The SMILES string of the molecule is Cc1ccc(N2CCCC2)cc1C1=Cc2cnn(-c3ncccn3)c(=O)c2CC1. The first-order chi connectivity index (χ1) is 14.2. The quantitative estimate of drug-likeness (QED) is 0.691. The lowest BCUT2D eigenvalue weighted by Gasteiger charge is -2.22. The normalized spacial score (nSPS) is 15.9. The molecule has 0 amide bonds. The van der Waals surface area contributed by atoms with Gasteiger partial charge in [-0.3, -0.25) is 4.79 Å². The highest BCUT2D eigenvalue weighted by Gasteiger charge is 2.20. The number of hydrogen-bond acceptors (Lipinski definition) is 5. The van der Waals surface area contributed by atoms with Crippen molar-refractivity contribution in [1.82, 2.24) is 19.7 Å². The third-order valence-corrected chi connectivity index (χ3v) is 5.87. The molecule has 0 unspecified atom stereocenters. The van der Waals surface area contributed by atoms with E-state index in [1.807, 2.05) is 0 Å². The van der Waals surface area contributed by atoms with E-state index < -0.39 is 0 Å². The zero-order chi connectivity index (χ0) is 19.8. The van der Waals surface area contributed by atoms with Crippen molar-refractivity contribution in [1.29, 1.82) is 0 Å². The molecule has 0 bridgehead atoms. The van der Waals surface area contributed by atoms with Crippen LogP contribution in [0.1, 0.15) is 41.5 Å². The molecule has 2 aromatic heterocycles. The number of fused-ring (bicyclic) bond motifs is 1. The van der Waals surface area contributed by atoms with Gasteiger partial charge in [0.2, 0.25) is 0 Å². The van der Waals surface area contributed by atoms with E-state index in [1.165, 1.54) is 39.9 Å². The lowest BCUT2D eigenvalue weighted by atomic mass is 9.88. The Bertz CT molecular complexity index is 1140. The number of aryl methyl sites for hydroxylation is 1. The maximum atomic E-state index is 12.9. The van der Waals surface area contributed by atoms with E-state index >= 15 is 0 Å². The summed E-state index contributed by atoms with van der Waals surface area (Å²) in [6, 6.07) is 8.47. The molecule has 146 valence electrons. The second-order valence-corrected chi connectivity index (χ2v) is 7.71. The smallest absolute Gasteiger partial charge is 0.278 e. The fraction of sp³-hybridized carbons (Fsp3) is 0.304. The van der Waals surface area contributed by atoms with Crippen LogP contribution in [0, 0.1) is 6.92 Å². The molecular weight excluding hydrogens is 362 g/mol. The number of aromatic nitrogens is 4. The van der Waals surface area contributed by atoms with Gasteiger partial charge < -0.3 is 4.90 Å². The zero-order valence-corrected chi connectivity index (χ0v) is 16.5. The highest BCUT2D eigenvalue weighted by atomic mass is 16.1. The van der Waals surface area contributed by atoms with Crippen LogP contribution < -0.4 is 10.5 Å². The van der Waals surface area contributed by atoms with Crippen LogP contribution in [-0.4, -0.2) is 32.8 Å². The molecule has 1 aromatic carbocycles. The fourth-order valence-electron chi connectivity index (χ4n) is 4.28. The second-order valence-electron chi connectivity index (χ2n) is 7.71. The molecule has 0 atom stereocenters. The van der Waals surface area contributed by atoms with E-state index in [1.54, 1.807) is 24.7 Å². The summed E-state index contributed by atoms with van der Waals surface area (Å²) in [7, 11) is 0. The van der Waals surface area contributed by atoms with Crippen molar-refractivity contribution >= 4 is 17.3 Å². The van der Waals surface area contributed by atoms with Crippen molar-refractivity contribution in [3.05, 3.63) is 75.5 Å². The highest BCUT2D eigenvalue weighted by Crippen LogP contribution is 2.33. The van der Waals surface area contributed by atoms with E-state index in [4.69, 9.17) is 0 Å². The molecule has 0 spiro atoms. The first kappa shape index (κ1) is 17.8. The van der Waals surface area contributed by atoms with Crippen molar-refractivity contribution in [2.75, 3.05) is 18.0 Å². The molecule has 2 aliphatic rings. The van der Waals surface area contributed by atoms with Crippen LogP contribution in [0.15, 0.2) is 47.7 Å². The lowest BCUT2D eigenvalue weighted by Crippen LogP contribution is -2.28.